The average molecular weight is 275 g/mol. The molecule has 0 aliphatic carbocycles. The largest absolute Gasteiger partial charge is 0.389 e. The zero-order valence-corrected chi connectivity index (χ0v) is 11.5. The number of hydrogen-bond donors (Lipinski definition) is 2. The molecule has 0 spiro atoms. The lowest BCUT2D eigenvalue weighted by Crippen LogP contribution is -2.14. The van der Waals surface area contributed by atoms with Gasteiger partial charge in [-0.05, 0) is 49.2 Å². The van der Waals surface area contributed by atoms with Crippen molar-refractivity contribution in [3.05, 3.63) is 53.0 Å². The van der Waals surface area contributed by atoms with Crippen LogP contribution >= 0.6 is 12.2 Å². The maximum absolute atomic E-state index is 13.4. The van der Waals surface area contributed by atoms with Crippen LogP contribution in [0.1, 0.15) is 16.7 Å². The highest BCUT2D eigenvalue weighted by Gasteiger charge is 2.10. The van der Waals surface area contributed by atoms with Gasteiger partial charge in [0.2, 0.25) is 0 Å². The molecular formula is C14H14FN3S. The van der Waals surface area contributed by atoms with E-state index in [0.717, 1.165) is 11.1 Å². The van der Waals surface area contributed by atoms with Gasteiger partial charge in [0, 0.05) is 11.9 Å². The average Bonchev–Trinajstić information content (AvgIpc) is 2.26. The highest BCUT2D eigenvalue weighted by atomic mass is 32.1. The van der Waals surface area contributed by atoms with Crippen LogP contribution in [-0.4, -0.2) is 9.97 Å². The van der Waals surface area contributed by atoms with Crippen LogP contribution in [0.4, 0.5) is 15.9 Å². The first kappa shape index (κ1) is 13.4. The van der Waals surface area contributed by atoms with Gasteiger partial charge in [-0.25, -0.2) is 9.37 Å². The fraction of sp³-hybridized carbons (Fsp3) is 0.143. The van der Waals surface area contributed by atoms with Crippen molar-refractivity contribution in [1.82, 2.24) is 4.98 Å². The van der Waals surface area contributed by atoms with Crippen molar-refractivity contribution in [2.75, 3.05) is 5.32 Å². The van der Waals surface area contributed by atoms with Crippen molar-refractivity contribution in [1.29, 1.82) is 0 Å². The number of rotatable bonds is 3. The van der Waals surface area contributed by atoms with E-state index in [4.69, 9.17) is 18.0 Å². The highest BCUT2D eigenvalue weighted by Crippen LogP contribution is 2.22. The molecule has 3 N–H and O–H groups in total. The predicted molar refractivity (Wildman–Crippen MR) is 79.3 cm³/mol. The van der Waals surface area contributed by atoms with Gasteiger partial charge < -0.3 is 11.1 Å². The maximum atomic E-state index is 13.4. The molecule has 3 nitrogen and oxygen atoms in total. The molecule has 2 aromatic rings. The molecule has 5 heteroatoms. The summed E-state index contributed by atoms with van der Waals surface area (Å²) in [5.41, 5.74) is 8.76. The van der Waals surface area contributed by atoms with Crippen LogP contribution < -0.4 is 11.1 Å². The number of aromatic nitrogens is 1. The van der Waals surface area contributed by atoms with Crippen molar-refractivity contribution < 1.29 is 4.39 Å². The number of thiocarbonyl (C=S) groups is 1. The summed E-state index contributed by atoms with van der Waals surface area (Å²) >= 11 is 5.03. The summed E-state index contributed by atoms with van der Waals surface area (Å²) in [6.07, 6.45) is 1.66. The molecule has 0 radical (unpaired) electrons. The van der Waals surface area contributed by atoms with Gasteiger partial charge in [-0.3, -0.25) is 0 Å². The zero-order chi connectivity index (χ0) is 14.0. The van der Waals surface area contributed by atoms with Gasteiger partial charge in [-0.2, -0.15) is 0 Å². The summed E-state index contributed by atoms with van der Waals surface area (Å²) in [4.78, 5) is 4.48. The van der Waals surface area contributed by atoms with E-state index < -0.39 is 0 Å². The third-order valence-electron chi connectivity index (χ3n) is 2.71. The van der Waals surface area contributed by atoms with Crippen molar-refractivity contribution in [3.8, 4) is 0 Å². The molecule has 0 atom stereocenters. The van der Waals surface area contributed by atoms with E-state index in [2.05, 4.69) is 10.3 Å². The number of benzene rings is 1. The number of pyridine rings is 1. The molecule has 19 heavy (non-hydrogen) atoms. The van der Waals surface area contributed by atoms with Crippen molar-refractivity contribution in [2.45, 2.75) is 13.8 Å². The molecule has 0 saturated carbocycles. The van der Waals surface area contributed by atoms with Gasteiger partial charge in [0.05, 0.1) is 5.56 Å². The second-order valence-electron chi connectivity index (χ2n) is 4.36. The molecule has 1 aromatic heterocycles. The van der Waals surface area contributed by atoms with E-state index >= 15 is 0 Å². The predicted octanol–water partition coefficient (Wildman–Crippen LogP) is 3.22. The Morgan fingerprint density at radius 3 is 2.68 bits per heavy atom. The molecule has 1 aromatic carbocycles. The zero-order valence-electron chi connectivity index (χ0n) is 10.7. The van der Waals surface area contributed by atoms with Crippen LogP contribution in [-0.2, 0) is 0 Å². The summed E-state index contributed by atoms with van der Waals surface area (Å²) in [5.74, 6) is 0.240. The number of anilines is 2. The Balaban J connectivity index is 2.43. The lowest BCUT2D eigenvalue weighted by molar-refractivity contribution is 0.627. The minimum absolute atomic E-state index is 0.265. The Bertz CT molecular complexity index is 620. The van der Waals surface area contributed by atoms with Crippen LogP contribution in [0.5, 0.6) is 0 Å². The fourth-order valence-electron chi connectivity index (χ4n) is 1.91. The van der Waals surface area contributed by atoms with E-state index in [9.17, 15) is 4.39 Å². The molecule has 2 rings (SSSR count). The van der Waals surface area contributed by atoms with Gasteiger partial charge in [-0.1, -0.05) is 12.2 Å². The normalized spacial score (nSPS) is 10.3. The molecule has 0 unspecified atom stereocenters. The van der Waals surface area contributed by atoms with E-state index in [1.165, 1.54) is 12.1 Å². The fourth-order valence-corrected chi connectivity index (χ4v) is 2.17. The Labute approximate surface area is 116 Å². The lowest BCUT2D eigenvalue weighted by atomic mass is 10.1. The van der Waals surface area contributed by atoms with E-state index in [1.807, 2.05) is 26.0 Å². The van der Waals surface area contributed by atoms with Crippen LogP contribution in [0, 0.1) is 19.7 Å². The van der Waals surface area contributed by atoms with Gasteiger partial charge >= 0.3 is 0 Å². The first-order valence-electron chi connectivity index (χ1n) is 5.77. The third-order valence-corrected chi connectivity index (χ3v) is 2.91. The summed E-state index contributed by atoms with van der Waals surface area (Å²) in [6.45, 7) is 3.73. The molecule has 0 amide bonds. The van der Waals surface area contributed by atoms with Crippen LogP contribution in [0.2, 0.25) is 0 Å². The number of aryl methyl sites for hydroxylation is 2. The molecular weight excluding hydrogens is 261 g/mol. The van der Waals surface area contributed by atoms with Crippen molar-refractivity contribution >= 4 is 28.7 Å². The van der Waals surface area contributed by atoms with E-state index in [0.29, 0.717) is 17.1 Å². The quantitative estimate of drug-likeness (QED) is 0.845. The number of nitrogens with two attached hydrogens (primary N) is 1. The lowest BCUT2D eigenvalue weighted by Gasteiger charge is -2.12. The van der Waals surface area contributed by atoms with Gasteiger partial charge in [0.25, 0.3) is 0 Å². The topological polar surface area (TPSA) is 50.9 Å². The number of nitrogens with one attached hydrogen (secondary N) is 1. The second kappa shape index (κ2) is 5.32. The third kappa shape index (κ3) is 3.06. The second-order valence-corrected chi connectivity index (χ2v) is 4.80. The summed E-state index contributed by atoms with van der Waals surface area (Å²) in [6, 6.07) is 6.52. The molecule has 1 heterocycles. The number of hydrogen-bond acceptors (Lipinski definition) is 3. The Morgan fingerprint density at radius 2 is 2.05 bits per heavy atom. The molecule has 0 aliphatic heterocycles. The first-order valence-corrected chi connectivity index (χ1v) is 6.18. The van der Waals surface area contributed by atoms with E-state index in [-0.39, 0.29) is 10.8 Å². The van der Waals surface area contributed by atoms with Gasteiger partial charge in [0.15, 0.2) is 0 Å². The monoisotopic (exact) mass is 275 g/mol. The van der Waals surface area contributed by atoms with Crippen molar-refractivity contribution in [2.24, 2.45) is 5.73 Å². The number of halogens is 1. The van der Waals surface area contributed by atoms with E-state index in [1.54, 1.807) is 6.20 Å². The standard InChI is InChI=1S/C14H14FN3S/c1-8-5-10(15)7-11(6-8)18-14-12(13(16)19)9(2)3-4-17-14/h3-7H,1-2H3,(H2,16,19)(H,17,18). The number of nitrogens with zero attached hydrogens (tertiary/aromatic N) is 1. The summed E-state index contributed by atoms with van der Waals surface area (Å²) in [5, 5.41) is 3.06. The van der Waals surface area contributed by atoms with Crippen LogP contribution in [0.3, 0.4) is 0 Å². The SMILES string of the molecule is Cc1cc(F)cc(Nc2nccc(C)c2C(N)=S)c1. The molecule has 0 bridgehead atoms. The first-order chi connectivity index (χ1) is 8.97. The molecule has 0 fully saturated rings. The minimum Gasteiger partial charge on any atom is -0.389 e. The smallest absolute Gasteiger partial charge is 0.140 e. The Hall–Kier alpha value is -2.01. The molecule has 0 saturated heterocycles. The van der Waals surface area contributed by atoms with Gasteiger partial charge in [-0.15, -0.1) is 0 Å². The Morgan fingerprint density at radius 1 is 1.32 bits per heavy atom. The highest BCUT2D eigenvalue weighted by molar-refractivity contribution is 7.80. The molecule has 98 valence electrons. The minimum atomic E-state index is -0.299. The molecule has 0 aliphatic rings. The van der Waals surface area contributed by atoms with Crippen LogP contribution in [0.15, 0.2) is 30.5 Å². The van der Waals surface area contributed by atoms with Gasteiger partial charge in [0.1, 0.15) is 16.6 Å². The Kier molecular flexibility index (Phi) is 3.76. The van der Waals surface area contributed by atoms with Crippen molar-refractivity contribution in [3.63, 3.8) is 0 Å². The van der Waals surface area contributed by atoms with Crippen LogP contribution in [0.25, 0.3) is 0 Å². The summed E-state index contributed by atoms with van der Waals surface area (Å²) in [7, 11) is 0. The summed E-state index contributed by atoms with van der Waals surface area (Å²) < 4.78 is 13.4. The maximum Gasteiger partial charge on any atom is 0.140 e.